The maximum atomic E-state index is 5.17. The summed E-state index contributed by atoms with van der Waals surface area (Å²) < 4.78 is 5.17. The third-order valence-electron chi connectivity index (χ3n) is 3.47. The molecular weight excluding hydrogens is 256 g/mol. The molecule has 0 aliphatic heterocycles. The van der Waals surface area contributed by atoms with E-state index in [-0.39, 0.29) is 0 Å². The second-order valence-electron chi connectivity index (χ2n) is 4.91. The third kappa shape index (κ3) is 3.26. The number of hydrogen-bond acceptors (Lipinski definition) is 0. The zero-order chi connectivity index (χ0) is 14.5. The Morgan fingerprint density at radius 2 is 1.33 bits per heavy atom. The monoisotopic (exact) mass is 273 g/mol. The van der Waals surface area contributed by atoms with Crippen LogP contribution in [0.2, 0.25) is 0 Å². The number of benzene rings is 2. The average molecular weight is 273 g/mol. The average Bonchev–Trinajstić information content (AvgIpc) is 2.57. The van der Waals surface area contributed by atoms with Gasteiger partial charge in [-0.2, -0.15) is 0 Å². The summed E-state index contributed by atoms with van der Waals surface area (Å²) >= 11 is 0. The smallest absolute Gasteiger partial charge is 0.258 e. The molecule has 2 aromatic carbocycles. The second-order valence-corrected chi connectivity index (χ2v) is 4.91. The first-order chi connectivity index (χ1) is 10.3. The van der Waals surface area contributed by atoms with Crippen molar-refractivity contribution >= 4 is 11.9 Å². The van der Waals surface area contributed by atoms with Gasteiger partial charge in [0.1, 0.15) is 0 Å². The van der Waals surface area contributed by atoms with Crippen molar-refractivity contribution in [2.75, 3.05) is 7.11 Å². The lowest BCUT2D eigenvalue weighted by atomic mass is 10.0. The SMILES string of the molecule is C[O+]=C1C=CC(=Cc2ccc(-c3ccccc3)cc2)C=C1. The van der Waals surface area contributed by atoms with Crippen molar-refractivity contribution in [1.29, 1.82) is 0 Å². The van der Waals surface area contributed by atoms with Crippen LogP contribution in [0.5, 0.6) is 0 Å². The molecule has 102 valence electrons. The molecule has 21 heavy (non-hydrogen) atoms. The van der Waals surface area contributed by atoms with Crippen LogP contribution in [0.25, 0.3) is 17.2 Å². The minimum Gasteiger partial charge on any atom is -0.258 e. The fourth-order valence-corrected chi connectivity index (χ4v) is 2.29. The molecule has 1 aliphatic rings. The highest BCUT2D eigenvalue weighted by Gasteiger charge is 2.05. The molecule has 1 nitrogen and oxygen atoms in total. The summed E-state index contributed by atoms with van der Waals surface area (Å²) in [4.78, 5) is 0. The molecule has 0 N–H and O–H groups in total. The van der Waals surface area contributed by atoms with E-state index in [1.807, 2.05) is 18.2 Å². The molecule has 3 rings (SSSR count). The summed E-state index contributed by atoms with van der Waals surface area (Å²) in [5, 5.41) is 0. The molecule has 0 unspecified atom stereocenters. The predicted molar refractivity (Wildman–Crippen MR) is 89.1 cm³/mol. The summed E-state index contributed by atoms with van der Waals surface area (Å²) in [6.07, 6.45) is 10.2. The van der Waals surface area contributed by atoms with Crippen molar-refractivity contribution in [3.8, 4) is 11.1 Å². The lowest BCUT2D eigenvalue weighted by molar-refractivity contribution is -0.417. The van der Waals surface area contributed by atoms with Crippen LogP contribution in [-0.2, 0) is 4.42 Å². The number of allylic oxidation sites excluding steroid dienone is 5. The van der Waals surface area contributed by atoms with Gasteiger partial charge < -0.3 is 0 Å². The van der Waals surface area contributed by atoms with Gasteiger partial charge in [0.05, 0.1) is 0 Å². The fraction of sp³-hybridized carbons (Fsp3) is 0.0500. The van der Waals surface area contributed by atoms with Gasteiger partial charge in [0.25, 0.3) is 7.11 Å². The van der Waals surface area contributed by atoms with Crippen LogP contribution in [-0.4, -0.2) is 12.9 Å². The summed E-state index contributed by atoms with van der Waals surface area (Å²) in [6.45, 7) is 0. The van der Waals surface area contributed by atoms with Crippen LogP contribution in [0.4, 0.5) is 0 Å². The normalized spacial score (nSPS) is 13.4. The molecule has 0 spiro atoms. The molecule has 0 saturated carbocycles. The molecule has 0 bridgehead atoms. The lowest BCUT2D eigenvalue weighted by Crippen LogP contribution is -1.95. The molecule has 0 heterocycles. The van der Waals surface area contributed by atoms with Crippen molar-refractivity contribution in [1.82, 2.24) is 0 Å². The Balaban J connectivity index is 1.81. The van der Waals surface area contributed by atoms with Crippen molar-refractivity contribution in [2.45, 2.75) is 0 Å². The molecule has 0 atom stereocenters. The highest BCUT2D eigenvalue weighted by molar-refractivity contribution is 6.02. The van der Waals surface area contributed by atoms with Crippen LogP contribution in [0.15, 0.2) is 84.5 Å². The zero-order valence-corrected chi connectivity index (χ0v) is 12.0. The van der Waals surface area contributed by atoms with Gasteiger partial charge in [-0.25, -0.2) is 0 Å². The molecule has 2 aromatic rings. The Morgan fingerprint density at radius 1 is 0.714 bits per heavy atom. The lowest BCUT2D eigenvalue weighted by Gasteiger charge is -2.03. The van der Waals surface area contributed by atoms with E-state index in [4.69, 9.17) is 4.42 Å². The highest BCUT2D eigenvalue weighted by atomic mass is 16.4. The largest absolute Gasteiger partial charge is 0.343 e. The third-order valence-corrected chi connectivity index (χ3v) is 3.47. The minimum atomic E-state index is 0.881. The molecule has 0 aromatic heterocycles. The molecule has 1 aliphatic carbocycles. The molecule has 0 fully saturated rings. The molecule has 1 heteroatoms. The van der Waals surface area contributed by atoms with E-state index in [0.29, 0.717) is 0 Å². The standard InChI is InChI=1S/C20H17O/c1-21-20-13-9-17(10-14-20)15-16-7-11-19(12-8-16)18-5-3-2-4-6-18/h2-15H,1H3/q+1. The van der Waals surface area contributed by atoms with E-state index in [1.54, 1.807) is 7.11 Å². The Hall–Kier alpha value is -2.67. The summed E-state index contributed by atoms with van der Waals surface area (Å²) in [5.41, 5.74) is 4.85. The van der Waals surface area contributed by atoms with Crippen LogP contribution in [0, 0.1) is 0 Å². The van der Waals surface area contributed by atoms with Crippen LogP contribution >= 0.6 is 0 Å². The summed E-state index contributed by atoms with van der Waals surface area (Å²) in [6, 6.07) is 19.0. The Morgan fingerprint density at radius 3 is 1.95 bits per heavy atom. The van der Waals surface area contributed by atoms with Gasteiger partial charge in [-0.3, -0.25) is 4.42 Å². The summed E-state index contributed by atoms with van der Waals surface area (Å²) in [7, 11) is 1.68. The maximum absolute atomic E-state index is 5.17. The number of hydrogen-bond donors (Lipinski definition) is 0. The zero-order valence-electron chi connectivity index (χ0n) is 12.0. The second kappa shape index (κ2) is 6.19. The van der Waals surface area contributed by atoms with E-state index in [0.717, 1.165) is 5.78 Å². The van der Waals surface area contributed by atoms with Gasteiger partial charge in [-0.1, -0.05) is 54.6 Å². The topological polar surface area (TPSA) is 11.3 Å². The number of carbonyl (C=O) groups excluding carboxylic acids is 1. The summed E-state index contributed by atoms with van der Waals surface area (Å²) in [5.74, 6) is 0.881. The first-order valence-corrected chi connectivity index (χ1v) is 6.99. The van der Waals surface area contributed by atoms with Crippen molar-refractivity contribution < 1.29 is 4.42 Å². The van der Waals surface area contributed by atoms with Crippen molar-refractivity contribution in [2.24, 2.45) is 0 Å². The van der Waals surface area contributed by atoms with Crippen molar-refractivity contribution in [3.63, 3.8) is 0 Å². The predicted octanol–water partition coefficient (Wildman–Crippen LogP) is 4.60. The van der Waals surface area contributed by atoms with Crippen LogP contribution in [0.1, 0.15) is 5.56 Å². The van der Waals surface area contributed by atoms with Crippen LogP contribution in [0.3, 0.4) is 0 Å². The first kappa shape index (κ1) is 13.3. The Bertz CT molecular complexity index is 711. The number of ketones is 1. The van der Waals surface area contributed by atoms with Gasteiger partial charge in [-0.05, 0) is 40.5 Å². The van der Waals surface area contributed by atoms with E-state index >= 15 is 0 Å². The van der Waals surface area contributed by atoms with Crippen molar-refractivity contribution in [3.05, 3.63) is 90.0 Å². The van der Waals surface area contributed by atoms with Crippen LogP contribution < -0.4 is 0 Å². The Labute approximate surface area is 125 Å². The Kier molecular flexibility index (Phi) is 3.92. The van der Waals surface area contributed by atoms with E-state index in [9.17, 15) is 0 Å². The molecular formula is C20H17O+. The molecule has 0 amide bonds. The van der Waals surface area contributed by atoms with E-state index in [2.05, 4.69) is 66.8 Å². The number of rotatable bonds is 2. The minimum absolute atomic E-state index is 0.881. The quantitative estimate of drug-likeness (QED) is 0.709. The van der Waals surface area contributed by atoms with Gasteiger partial charge in [0.15, 0.2) is 0 Å². The first-order valence-electron chi connectivity index (χ1n) is 6.99. The fourth-order valence-electron chi connectivity index (χ4n) is 2.29. The van der Waals surface area contributed by atoms with E-state index in [1.165, 1.54) is 22.3 Å². The van der Waals surface area contributed by atoms with Gasteiger partial charge >= 0.3 is 5.78 Å². The molecule has 0 radical (unpaired) electrons. The van der Waals surface area contributed by atoms with Gasteiger partial charge in [0, 0.05) is 12.2 Å². The van der Waals surface area contributed by atoms with Gasteiger partial charge in [-0.15, -0.1) is 0 Å². The molecule has 0 saturated heterocycles. The maximum Gasteiger partial charge on any atom is 0.343 e. The highest BCUT2D eigenvalue weighted by Crippen LogP contribution is 2.20. The van der Waals surface area contributed by atoms with E-state index < -0.39 is 0 Å². The van der Waals surface area contributed by atoms with Gasteiger partial charge in [0.2, 0.25) is 0 Å².